The molecule has 8 rings (SSSR count). The maximum absolute atomic E-state index is 13.4. The third kappa shape index (κ3) is 9.42. The third-order valence-corrected chi connectivity index (χ3v) is 17.7. The van der Waals surface area contributed by atoms with E-state index in [9.17, 15) is 50.1 Å². The van der Waals surface area contributed by atoms with Crippen LogP contribution >= 0.6 is 19.6 Å². The second-order valence-electron chi connectivity index (χ2n) is 18.3. The molecule has 26 heteroatoms. The molecule has 1 aliphatic carbocycles. The molecule has 68 heavy (non-hydrogen) atoms. The van der Waals surface area contributed by atoms with E-state index < -0.39 is 87.0 Å². The van der Waals surface area contributed by atoms with Crippen molar-refractivity contribution in [2.24, 2.45) is 22.1 Å². The number of benzene rings is 1. The highest BCUT2D eigenvalue weighted by Crippen LogP contribution is 2.53. The van der Waals surface area contributed by atoms with E-state index in [-0.39, 0.29) is 53.2 Å². The van der Waals surface area contributed by atoms with Crippen LogP contribution in [0.3, 0.4) is 0 Å². The number of allylic oxidation sites excluding steroid dienone is 5. The first kappa shape index (κ1) is 50.6. The Morgan fingerprint density at radius 1 is 1.18 bits per heavy atom. The van der Waals surface area contributed by atoms with Gasteiger partial charge in [0, 0.05) is 48.1 Å². The summed E-state index contributed by atoms with van der Waals surface area (Å²) >= 11 is 1.30. The van der Waals surface area contributed by atoms with Crippen molar-refractivity contribution in [2.75, 3.05) is 36.9 Å². The van der Waals surface area contributed by atoms with Gasteiger partial charge in [-0.15, -0.1) is 11.8 Å². The molecule has 0 saturated carbocycles. The van der Waals surface area contributed by atoms with Crippen LogP contribution in [0.15, 0.2) is 75.1 Å². The zero-order valence-corrected chi connectivity index (χ0v) is 41.3. The molecule has 0 spiro atoms. The van der Waals surface area contributed by atoms with Gasteiger partial charge in [0.15, 0.2) is 17.7 Å². The second-order valence-corrected chi connectivity index (χ2v) is 23.7. The summed E-state index contributed by atoms with van der Waals surface area (Å²) in [5.41, 5.74) is 7.34. The Balaban J connectivity index is 0.951. The molecule has 11 unspecified atom stereocenters. The van der Waals surface area contributed by atoms with Crippen molar-refractivity contribution < 1.29 is 68.5 Å². The summed E-state index contributed by atoms with van der Waals surface area (Å²) < 4.78 is 99.2. The Morgan fingerprint density at radius 2 is 1.93 bits per heavy atom. The summed E-state index contributed by atoms with van der Waals surface area (Å²) in [6.45, 7) is 11.0. The van der Waals surface area contributed by atoms with Gasteiger partial charge in [0.1, 0.15) is 48.8 Å². The Morgan fingerprint density at radius 3 is 2.62 bits per heavy atom. The number of anilines is 1. The number of carbonyl (C=O) groups excluding carboxylic acids is 2. The van der Waals surface area contributed by atoms with E-state index in [1.807, 2.05) is 57.7 Å². The van der Waals surface area contributed by atoms with Crippen LogP contribution in [0.25, 0.3) is 0 Å². The molecule has 3 saturated heterocycles. The fourth-order valence-electron chi connectivity index (χ4n) is 10.6. The highest BCUT2D eigenvalue weighted by Gasteiger charge is 2.59. The number of ether oxygens (including phenoxy) is 1. The highest BCUT2D eigenvalue weighted by atomic mass is 32.2. The van der Waals surface area contributed by atoms with E-state index in [1.54, 1.807) is 23.1 Å². The van der Waals surface area contributed by atoms with Crippen LogP contribution in [0.1, 0.15) is 59.4 Å². The SMILES string of the molecule is CCN1C(=CC=CC2=[N+](CC)C3C=CC(S(=O)(=O)O)=CC3C2(C)CCCC(=O)NCCSC2NC3C(=O)NC(N)=NC3N2C2OC3COP(=O)(O)OC3C2O)C(C)(C)c2ccc(S(=O)(=O)O)cc21. The largest absolute Gasteiger partial charge is 0.472 e. The number of aliphatic hydroxyl groups is 1. The first-order valence-corrected chi connectivity index (χ1v) is 27.7. The molecule has 11 atom stereocenters. The van der Waals surface area contributed by atoms with Crippen LogP contribution in [0.4, 0.5) is 5.69 Å². The average molecular weight is 1030 g/mol. The number of phosphoric ester groups is 1. The van der Waals surface area contributed by atoms with Gasteiger partial charge >= 0.3 is 7.82 Å². The number of hydrogen-bond acceptors (Lipinski definition) is 17. The molecule has 372 valence electrons. The number of guanidine groups is 1. The Kier molecular flexibility index (Phi) is 13.9. The van der Waals surface area contributed by atoms with E-state index in [4.69, 9.17) is 19.5 Å². The summed E-state index contributed by atoms with van der Waals surface area (Å²) in [5, 5.41) is 19.9. The zero-order chi connectivity index (χ0) is 49.3. The average Bonchev–Trinajstić information content (AvgIpc) is 3.92. The standard InChI is InChI=1S/C42H57N8O14PS3/c1-6-48-27-16-14-23(67(56,57)58)20-26(27)42(5,31(48)11-8-10-30-41(3,4)25-15-13-24(68(59,60)61)21-28(25)49(30)7-2)17-9-12-32(51)44-18-19-66-40-45-33-36(46-39(43)47-37(33)53)50(40)38-34(52)35-29(63-38)22-62-65(54,55)64-35/h8,10-11,13-16,20-21,26-27,29,33-36,38,40,45,52H,6-7,9,12,17-19,22H2,1-5H3,(H6-,43,44,46,47,51,53,54,55,56,57,58,59,60,61)/p+1. The molecule has 6 heterocycles. The normalized spacial score (nSPS) is 35.0. The van der Waals surface area contributed by atoms with Gasteiger partial charge in [0.2, 0.25) is 11.8 Å². The second kappa shape index (κ2) is 18.7. The molecule has 7 aliphatic rings. The number of likely N-dealkylation sites (N-methyl/N-ethyl adjacent to an activating group) is 2. The molecule has 9 N–H and O–H groups in total. The number of nitrogens with zero attached hydrogens (tertiary/aromatic N) is 4. The molecule has 1 aromatic carbocycles. The van der Waals surface area contributed by atoms with Crippen LogP contribution in [0.2, 0.25) is 0 Å². The van der Waals surface area contributed by atoms with Crippen molar-refractivity contribution >= 4 is 69.0 Å². The number of phosphoric acid groups is 1. The maximum Gasteiger partial charge on any atom is 0.472 e. The van der Waals surface area contributed by atoms with Crippen LogP contribution in [-0.4, -0.2) is 149 Å². The van der Waals surface area contributed by atoms with Crippen molar-refractivity contribution in [3.63, 3.8) is 0 Å². The Hall–Kier alpha value is -3.82. The fraction of sp³-hybridized carbons (Fsp3) is 0.571. The zero-order valence-electron chi connectivity index (χ0n) is 38.0. The smallest absolute Gasteiger partial charge is 0.386 e. The molecule has 3 fully saturated rings. The number of hydrogen-bond donors (Lipinski definition) is 8. The lowest BCUT2D eigenvalue weighted by Crippen LogP contribution is -2.57. The quantitative estimate of drug-likeness (QED) is 0.0531. The van der Waals surface area contributed by atoms with Crippen molar-refractivity contribution in [2.45, 2.75) is 112 Å². The highest BCUT2D eigenvalue weighted by molar-refractivity contribution is 7.99. The number of aliphatic imine (C=N–C) groups is 1. The number of nitrogens with two attached hydrogens (primary N) is 1. The monoisotopic (exact) mass is 1030 g/mol. The lowest BCUT2D eigenvalue weighted by Gasteiger charge is -2.34. The minimum atomic E-state index is -4.52. The summed E-state index contributed by atoms with van der Waals surface area (Å²) in [4.78, 5) is 43.9. The minimum Gasteiger partial charge on any atom is -0.386 e. The Bertz CT molecular complexity index is 2710. The first-order valence-electron chi connectivity index (χ1n) is 22.2. The van der Waals surface area contributed by atoms with Crippen LogP contribution in [0.5, 0.6) is 0 Å². The van der Waals surface area contributed by atoms with Gasteiger partial charge in [0.25, 0.3) is 20.2 Å². The van der Waals surface area contributed by atoms with Gasteiger partial charge in [0.05, 0.1) is 27.7 Å². The number of amides is 2. The van der Waals surface area contributed by atoms with Gasteiger partial charge in [-0.05, 0) is 69.5 Å². The topological polar surface area (TPSA) is 312 Å². The maximum atomic E-state index is 13.4. The number of rotatable bonds is 15. The van der Waals surface area contributed by atoms with E-state index in [0.29, 0.717) is 37.4 Å². The molecule has 0 bridgehead atoms. The van der Waals surface area contributed by atoms with Crippen molar-refractivity contribution in [3.05, 3.63) is 70.8 Å². The fourth-order valence-corrected chi connectivity index (χ4v) is 13.8. The van der Waals surface area contributed by atoms with E-state index in [1.165, 1.54) is 30.0 Å². The number of fused-ring (bicyclic) bond motifs is 4. The Labute approximate surface area is 398 Å². The molecule has 0 radical (unpaired) electrons. The lowest BCUT2D eigenvalue weighted by atomic mass is 9.68. The van der Waals surface area contributed by atoms with Gasteiger partial charge < -0.3 is 30.7 Å². The lowest BCUT2D eigenvalue weighted by molar-refractivity contribution is -0.546. The van der Waals surface area contributed by atoms with Gasteiger partial charge in [-0.2, -0.15) is 16.8 Å². The summed E-state index contributed by atoms with van der Waals surface area (Å²) in [6.07, 6.45) is 6.16. The van der Waals surface area contributed by atoms with Crippen molar-refractivity contribution in [1.29, 1.82) is 0 Å². The molecule has 1 aromatic rings. The summed E-state index contributed by atoms with van der Waals surface area (Å²) in [5.74, 6) is -0.875. The van der Waals surface area contributed by atoms with Crippen LogP contribution < -0.4 is 26.6 Å². The predicted molar refractivity (Wildman–Crippen MR) is 250 cm³/mol. The summed E-state index contributed by atoms with van der Waals surface area (Å²) in [7, 11) is -13.4. The third-order valence-electron chi connectivity index (χ3n) is 13.8. The molecule has 2 amide bonds. The summed E-state index contributed by atoms with van der Waals surface area (Å²) in [6, 6.07) is 3.46. The molecule has 22 nitrogen and oxygen atoms in total. The molecule has 6 aliphatic heterocycles. The predicted octanol–water partition coefficient (Wildman–Crippen LogP) is 1.26. The van der Waals surface area contributed by atoms with Crippen LogP contribution in [0, 0.1) is 11.3 Å². The number of thioether (sulfide) groups is 1. The van der Waals surface area contributed by atoms with Gasteiger partial charge in [-0.25, -0.2) is 19.0 Å². The van der Waals surface area contributed by atoms with Crippen molar-refractivity contribution in [1.82, 2.24) is 20.9 Å². The molecular formula is C42H58N8O14PS3+. The van der Waals surface area contributed by atoms with Gasteiger partial charge in [-0.3, -0.25) is 38.4 Å². The molecular weight excluding hydrogens is 968 g/mol. The van der Waals surface area contributed by atoms with Gasteiger partial charge in [-0.1, -0.05) is 32.1 Å². The van der Waals surface area contributed by atoms with Crippen LogP contribution in [-0.2, 0) is 53.6 Å². The molecule has 0 aromatic heterocycles. The number of nitrogens with one attached hydrogen (secondary N) is 3. The first-order chi connectivity index (χ1) is 31.9. The van der Waals surface area contributed by atoms with E-state index in [0.717, 1.165) is 17.0 Å². The van der Waals surface area contributed by atoms with E-state index in [2.05, 4.69) is 25.5 Å². The van der Waals surface area contributed by atoms with Crippen molar-refractivity contribution in [3.8, 4) is 0 Å². The minimum absolute atomic E-state index is 0.132. The number of aliphatic hydroxyl groups excluding tert-OH is 1. The number of carbonyl (C=O) groups is 2. The van der Waals surface area contributed by atoms with E-state index >= 15 is 0 Å².